The minimum absolute atomic E-state index is 0.280. The van der Waals surface area contributed by atoms with Gasteiger partial charge < -0.3 is 4.90 Å². The molecule has 154 valence electrons. The molecule has 3 aliphatic rings. The van der Waals surface area contributed by atoms with Gasteiger partial charge in [-0.25, -0.2) is 4.98 Å². The number of aromatic nitrogens is 1. The standard InChI is InChI=1S/C21H22F3N3S2/c22-21(23,24)16-10-18-19(25-12-16)27-7-6-26(13-15-4-2-1-3-5-15)14-17(27)11-20(18)28-8-9-29-20/h1-5,10,12,17H,6-9,11,13-14H2. The first-order valence-electron chi connectivity index (χ1n) is 9.83. The van der Waals surface area contributed by atoms with Crippen molar-refractivity contribution in [2.45, 2.75) is 29.3 Å². The summed E-state index contributed by atoms with van der Waals surface area (Å²) in [4.78, 5) is 9.07. The molecule has 0 bridgehead atoms. The first-order valence-corrected chi connectivity index (χ1v) is 11.8. The summed E-state index contributed by atoms with van der Waals surface area (Å²) in [5.74, 6) is 2.71. The van der Waals surface area contributed by atoms with Crippen LogP contribution in [0.3, 0.4) is 0 Å². The van der Waals surface area contributed by atoms with Crippen molar-refractivity contribution in [2.24, 2.45) is 0 Å². The van der Waals surface area contributed by atoms with Gasteiger partial charge in [-0.05, 0) is 18.1 Å². The summed E-state index contributed by atoms with van der Waals surface area (Å²) in [6.45, 7) is 3.51. The third-order valence-electron chi connectivity index (χ3n) is 5.95. The number of alkyl halides is 3. The van der Waals surface area contributed by atoms with Gasteiger partial charge in [0, 0.05) is 55.5 Å². The summed E-state index contributed by atoms with van der Waals surface area (Å²) in [5, 5.41) is 0. The number of pyridine rings is 1. The molecule has 0 saturated carbocycles. The lowest BCUT2D eigenvalue weighted by molar-refractivity contribution is -0.137. The first kappa shape index (κ1) is 19.6. The van der Waals surface area contributed by atoms with Gasteiger partial charge >= 0.3 is 6.18 Å². The van der Waals surface area contributed by atoms with Crippen LogP contribution in [0.1, 0.15) is 23.1 Å². The van der Waals surface area contributed by atoms with Gasteiger partial charge in [0.05, 0.1) is 9.64 Å². The van der Waals surface area contributed by atoms with E-state index < -0.39 is 11.7 Å². The Bertz CT molecular complexity index is 884. The Kier molecular flexibility index (Phi) is 4.99. The number of piperazine rings is 1. The molecule has 1 aromatic carbocycles. The molecule has 29 heavy (non-hydrogen) atoms. The zero-order valence-corrected chi connectivity index (χ0v) is 17.5. The number of rotatable bonds is 2. The molecule has 2 fully saturated rings. The number of fused-ring (bicyclic) bond motifs is 4. The van der Waals surface area contributed by atoms with Crippen LogP contribution in [-0.2, 0) is 16.8 Å². The van der Waals surface area contributed by atoms with E-state index in [9.17, 15) is 13.2 Å². The molecular weight excluding hydrogens is 415 g/mol. The zero-order chi connectivity index (χ0) is 20.1. The van der Waals surface area contributed by atoms with Crippen molar-refractivity contribution in [3.8, 4) is 0 Å². The number of nitrogens with zero attached hydrogens (tertiary/aromatic N) is 3. The predicted octanol–water partition coefficient (Wildman–Crippen LogP) is 4.83. The molecule has 0 aliphatic carbocycles. The third-order valence-corrected chi connectivity index (χ3v) is 9.44. The van der Waals surface area contributed by atoms with Crippen LogP contribution in [0.4, 0.5) is 19.0 Å². The largest absolute Gasteiger partial charge is 0.417 e. The Hall–Kier alpha value is -1.38. The average molecular weight is 438 g/mol. The molecule has 1 unspecified atom stereocenters. The number of anilines is 1. The second-order valence-electron chi connectivity index (χ2n) is 7.81. The molecule has 5 rings (SSSR count). The second kappa shape index (κ2) is 7.39. The molecule has 0 N–H and O–H groups in total. The maximum atomic E-state index is 13.4. The molecule has 4 heterocycles. The molecule has 0 radical (unpaired) electrons. The summed E-state index contributed by atoms with van der Waals surface area (Å²) in [5.41, 5.74) is 1.43. The fourth-order valence-electron chi connectivity index (χ4n) is 4.63. The number of halogens is 3. The van der Waals surface area contributed by atoms with Gasteiger partial charge in [-0.2, -0.15) is 13.2 Å². The maximum Gasteiger partial charge on any atom is 0.417 e. The fraction of sp³-hybridized carbons (Fsp3) is 0.476. The van der Waals surface area contributed by atoms with Gasteiger partial charge in [0.25, 0.3) is 0 Å². The topological polar surface area (TPSA) is 19.4 Å². The van der Waals surface area contributed by atoms with Gasteiger partial charge in [-0.15, -0.1) is 23.5 Å². The molecule has 2 saturated heterocycles. The van der Waals surface area contributed by atoms with Gasteiger partial charge in [0.1, 0.15) is 5.82 Å². The molecule has 3 aliphatic heterocycles. The number of thioether (sulfide) groups is 2. The molecule has 1 spiro atoms. The predicted molar refractivity (Wildman–Crippen MR) is 113 cm³/mol. The highest BCUT2D eigenvalue weighted by Crippen LogP contribution is 2.60. The Morgan fingerprint density at radius 1 is 1.10 bits per heavy atom. The molecule has 2 aromatic rings. The van der Waals surface area contributed by atoms with E-state index in [1.54, 1.807) is 23.5 Å². The van der Waals surface area contributed by atoms with Crippen LogP contribution in [0.15, 0.2) is 42.6 Å². The fourth-order valence-corrected chi connectivity index (χ4v) is 8.02. The van der Waals surface area contributed by atoms with Crippen molar-refractivity contribution in [1.29, 1.82) is 0 Å². The van der Waals surface area contributed by atoms with E-state index in [1.165, 1.54) is 11.6 Å². The van der Waals surface area contributed by atoms with Crippen molar-refractivity contribution < 1.29 is 13.2 Å². The lowest BCUT2D eigenvalue weighted by atomic mass is 9.94. The summed E-state index contributed by atoms with van der Waals surface area (Å²) in [6.07, 6.45) is -2.48. The van der Waals surface area contributed by atoms with E-state index in [0.29, 0.717) is 0 Å². The van der Waals surface area contributed by atoms with Gasteiger partial charge in [-0.1, -0.05) is 30.3 Å². The maximum absolute atomic E-state index is 13.4. The summed E-state index contributed by atoms with van der Waals surface area (Å²) < 4.78 is 39.7. The molecule has 1 aromatic heterocycles. The van der Waals surface area contributed by atoms with E-state index in [1.807, 2.05) is 6.07 Å². The molecule has 3 nitrogen and oxygen atoms in total. The Morgan fingerprint density at radius 3 is 2.59 bits per heavy atom. The van der Waals surface area contributed by atoms with Crippen molar-refractivity contribution in [3.63, 3.8) is 0 Å². The minimum Gasteiger partial charge on any atom is -0.351 e. The van der Waals surface area contributed by atoms with Crippen molar-refractivity contribution >= 4 is 29.3 Å². The Morgan fingerprint density at radius 2 is 1.86 bits per heavy atom. The third kappa shape index (κ3) is 3.64. The van der Waals surface area contributed by atoms with Crippen LogP contribution in [0.2, 0.25) is 0 Å². The Labute approximate surface area is 177 Å². The normalized spacial score (nSPS) is 23.8. The smallest absolute Gasteiger partial charge is 0.351 e. The van der Waals surface area contributed by atoms with Crippen LogP contribution in [-0.4, -0.2) is 47.1 Å². The summed E-state index contributed by atoms with van der Waals surface area (Å²) >= 11 is 3.60. The van der Waals surface area contributed by atoms with Crippen molar-refractivity contribution in [1.82, 2.24) is 9.88 Å². The van der Waals surface area contributed by atoms with Crippen LogP contribution in [0.25, 0.3) is 0 Å². The minimum atomic E-state index is -4.36. The summed E-state index contributed by atoms with van der Waals surface area (Å²) in [6, 6.07) is 12.1. The quantitative estimate of drug-likeness (QED) is 0.669. The highest BCUT2D eigenvalue weighted by molar-refractivity contribution is 8.20. The summed E-state index contributed by atoms with van der Waals surface area (Å²) in [7, 11) is 0. The van der Waals surface area contributed by atoms with Crippen LogP contribution < -0.4 is 4.90 Å². The van der Waals surface area contributed by atoms with E-state index >= 15 is 0 Å². The van der Waals surface area contributed by atoms with E-state index in [4.69, 9.17) is 0 Å². The lowest BCUT2D eigenvalue weighted by Gasteiger charge is -2.50. The van der Waals surface area contributed by atoms with Crippen molar-refractivity contribution in [2.75, 3.05) is 36.0 Å². The van der Waals surface area contributed by atoms with Gasteiger partial charge in [0.15, 0.2) is 0 Å². The number of hydrogen-bond acceptors (Lipinski definition) is 5. The molecule has 8 heteroatoms. The number of benzene rings is 1. The molecular formula is C21H22F3N3S2. The number of hydrogen-bond donors (Lipinski definition) is 0. The van der Waals surface area contributed by atoms with E-state index in [2.05, 4.69) is 39.0 Å². The van der Waals surface area contributed by atoms with E-state index in [-0.39, 0.29) is 10.1 Å². The monoisotopic (exact) mass is 437 g/mol. The van der Waals surface area contributed by atoms with Gasteiger partial charge in [-0.3, -0.25) is 4.90 Å². The van der Waals surface area contributed by atoms with E-state index in [0.717, 1.165) is 61.7 Å². The average Bonchev–Trinajstić information content (AvgIpc) is 3.17. The van der Waals surface area contributed by atoms with Crippen LogP contribution >= 0.6 is 23.5 Å². The van der Waals surface area contributed by atoms with Crippen LogP contribution in [0.5, 0.6) is 0 Å². The Balaban J connectivity index is 1.45. The van der Waals surface area contributed by atoms with Crippen molar-refractivity contribution in [3.05, 3.63) is 59.3 Å². The first-order chi connectivity index (χ1) is 13.9. The molecule has 0 amide bonds. The lowest BCUT2D eigenvalue weighted by Crippen LogP contribution is -2.57. The zero-order valence-electron chi connectivity index (χ0n) is 15.9. The highest BCUT2D eigenvalue weighted by Gasteiger charge is 2.49. The highest BCUT2D eigenvalue weighted by atomic mass is 32.2. The SMILES string of the molecule is FC(F)(F)c1cnc2c(c1)C1(CC3CN(Cc4ccccc4)CCN23)SCCS1. The molecule has 1 atom stereocenters. The second-order valence-corrected chi connectivity index (χ2v) is 10.9. The van der Waals surface area contributed by atoms with Crippen LogP contribution in [0, 0.1) is 0 Å². The van der Waals surface area contributed by atoms with Gasteiger partial charge in [0.2, 0.25) is 0 Å².